The third kappa shape index (κ3) is 10.1. The molecular weight excluding hydrogens is 560 g/mol. The molecule has 2 heterocycles. The van der Waals surface area contributed by atoms with Crippen molar-refractivity contribution in [2.45, 2.75) is 75.1 Å². The van der Waals surface area contributed by atoms with Crippen molar-refractivity contribution in [3.05, 3.63) is 12.2 Å². The molecule has 0 aromatic heterocycles. The van der Waals surface area contributed by atoms with Crippen LogP contribution in [-0.4, -0.2) is 83.8 Å². The van der Waals surface area contributed by atoms with Crippen LogP contribution in [0, 0.1) is 11.3 Å². The molecule has 1 saturated heterocycles. The van der Waals surface area contributed by atoms with Gasteiger partial charge in [0.2, 0.25) is 29.5 Å². The van der Waals surface area contributed by atoms with E-state index >= 15 is 0 Å². The SMILES string of the molecule is N#CCCNC(=O)CC[C@H]1NC(=O)C[C@H]2/C=C/CCSSC[C@@H](NC1=O)C(=O)NC1(CC1)C(=O)NCCC(=O)O2. The molecule has 0 aromatic rings. The lowest BCUT2D eigenvalue weighted by Crippen LogP contribution is -2.58. The van der Waals surface area contributed by atoms with Crippen LogP contribution in [0.25, 0.3) is 0 Å². The van der Waals surface area contributed by atoms with Crippen molar-refractivity contribution < 1.29 is 33.5 Å². The number of nitrogens with zero attached hydrogens (tertiary/aromatic N) is 1. The summed E-state index contributed by atoms with van der Waals surface area (Å²) in [7, 11) is 2.87. The van der Waals surface area contributed by atoms with Gasteiger partial charge in [0, 0.05) is 31.0 Å². The van der Waals surface area contributed by atoms with E-state index in [1.807, 2.05) is 6.07 Å². The summed E-state index contributed by atoms with van der Waals surface area (Å²) in [6.07, 6.45) is 3.55. The van der Waals surface area contributed by atoms with Crippen LogP contribution >= 0.6 is 21.6 Å². The zero-order chi connectivity index (χ0) is 29.0. The number of ether oxygens (including phenoxy) is 1. The van der Waals surface area contributed by atoms with E-state index in [0.29, 0.717) is 25.0 Å². The monoisotopic (exact) mass is 594 g/mol. The van der Waals surface area contributed by atoms with Gasteiger partial charge in [0.25, 0.3) is 0 Å². The van der Waals surface area contributed by atoms with Gasteiger partial charge in [-0.3, -0.25) is 28.8 Å². The molecule has 1 spiro atoms. The summed E-state index contributed by atoms with van der Waals surface area (Å²) >= 11 is 0. The van der Waals surface area contributed by atoms with E-state index in [4.69, 9.17) is 10.00 Å². The molecule has 3 atom stereocenters. The van der Waals surface area contributed by atoms with Crippen molar-refractivity contribution >= 4 is 57.1 Å². The van der Waals surface area contributed by atoms with Gasteiger partial charge in [0.15, 0.2) is 0 Å². The van der Waals surface area contributed by atoms with Crippen LogP contribution in [-0.2, 0) is 33.5 Å². The Balaban J connectivity index is 1.86. The number of hydrogen-bond donors (Lipinski definition) is 5. The van der Waals surface area contributed by atoms with Crippen LogP contribution in [0.2, 0.25) is 0 Å². The maximum absolute atomic E-state index is 13.4. The molecule has 15 heteroatoms. The highest BCUT2D eigenvalue weighted by molar-refractivity contribution is 8.76. The molecule has 13 nitrogen and oxygen atoms in total. The summed E-state index contributed by atoms with van der Waals surface area (Å²) in [6, 6.07) is -0.252. The highest BCUT2D eigenvalue weighted by Crippen LogP contribution is 2.36. The van der Waals surface area contributed by atoms with Gasteiger partial charge >= 0.3 is 5.97 Å². The van der Waals surface area contributed by atoms with Gasteiger partial charge < -0.3 is 31.3 Å². The second-order valence-electron chi connectivity index (χ2n) is 9.61. The Morgan fingerprint density at radius 3 is 2.70 bits per heavy atom. The molecule has 2 aliphatic heterocycles. The van der Waals surface area contributed by atoms with Crippen molar-refractivity contribution in [3.63, 3.8) is 0 Å². The summed E-state index contributed by atoms with van der Waals surface area (Å²) in [4.78, 5) is 77.1. The van der Waals surface area contributed by atoms with Crippen molar-refractivity contribution in [2.75, 3.05) is 24.6 Å². The third-order valence-electron chi connectivity index (χ3n) is 6.37. The molecule has 5 N–H and O–H groups in total. The Morgan fingerprint density at radius 2 is 1.95 bits per heavy atom. The van der Waals surface area contributed by atoms with Crippen LogP contribution in [0.15, 0.2) is 12.2 Å². The van der Waals surface area contributed by atoms with Crippen molar-refractivity contribution in [1.82, 2.24) is 26.6 Å². The normalized spacial score (nSPS) is 26.9. The lowest BCUT2D eigenvalue weighted by molar-refractivity contribution is -0.148. The fourth-order valence-corrected chi connectivity index (χ4v) is 6.16. The van der Waals surface area contributed by atoms with E-state index in [0.717, 1.165) is 0 Å². The van der Waals surface area contributed by atoms with Gasteiger partial charge in [-0.15, -0.1) is 0 Å². The minimum atomic E-state index is -1.17. The van der Waals surface area contributed by atoms with Gasteiger partial charge in [-0.05, 0) is 31.8 Å². The molecule has 3 aliphatic rings. The number of carbonyl (C=O) groups is 6. The van der Waals surface area contributed by atoms with Crippen molar-refractivity contribution in [2.24, 2.45) is 0 Å². The molecule has 3 rings (SSSR count). The number of amides is 5. The lowest BCUT2D eigenvalue weighted by atomic mass is 10.1. The largest absolute Gasteiger partial charge is 0.458 e. The van der Waals surface area contributed by atoms with Gasteiger partial charge in [-0.25, -0.2) is 0 Å². The van der Waals surface area contributed by atoms with Gasteiger partial charge in [0.05, 0.1) is 25.3 Å². The van der Waals surface area contributed by atoms with Gasteiger partial charge in [-0.1, -0.05) is 27.7 Å². The Hall–Kier alpha value is -3.25. The Bertz CT molecular complexity index is 1060. The van der Waals surface area contributed by atoms with E-state index < -0.39 is 59.2 Å². The first kappa shape index (κ1) is 31.3. The van der Waals surface area contributed by atoms with Crippen LogP contribution < -0.4 is 26.6 Å². The summed E-state index contributed by atoms with van der Waals surface area (Å²) in [6.45, 7) is 0.160. The summed E-state index contributed by atoms with van der Waals surface area (Å²) in [5.74, 6) is -2.34. The number of fused-ring (bicyclic) bond motifs is 7. The molecule has 0 unspecified atom stereocenters. The quantitative estimate of drug-likeness (QED) is 0.121. The molecule has 1 aliphatic carbocycles. The average molecular weight is 595 g/mol. The maximum atomic E-state index is 13.4. The molecule has 2 fully saturated rings. The first-order valence-corrected chi connectivity index (χ1v) is 15.7. The summed E-state index contributed by atoms with van der Waals surface area (Å²) in [5, 5.41) is 22.0. The molecule has 1 saturated carbocycles. The van der Waals surface area contributed by atoms with E-state index in [1.165, 1.54) is 21.6 Å². The van der Waals surface area contributed by atoms with Gasteiger partial charge in [0.1, 0.15) is 23.7 Å². The van der Waals surface area contributed by atoms with Crippen LogP contribution in [0.3, 0.4) is 0 Å². The maximum Gasteiger partial charge on any atom is 0.308 e. The van der Waals surface area contributed by atoms with Crippen LogP contribution in [0.4, 0.5) is 0 Å². The fraction of sp³-hybridized carbons (Fsp3) is 0.640. The van der Waals surface area contributed by atoms with Crippen molar-refractivity contribution in [1.29, 1.82) is 5.26 Å². The molecule has 40 heavy (non-hydrogen) atoms. The highest BCUT2D eigenvalue weighted by atomic mass is 33.1. The topological polar surface area (TPSA) is 196 Å². The van der Waals surface area contributed by atoms with E-state index in [9.17, 15) is 28.8 Å². The Morgan fingerprint density at radius 1 is 1.15 bits per heavy atom. The second kappa shape index (κ2) is 15.5. The van der Waals surface area contributed by atoms with E-state index in [2.05, 4.69) is 26.6 Å². The highest BCUT2D eigenvalue weighted by Gasteiger charge is 2.51. The first-order chi connectivity index (χ1) is 19.2. The zero-order valence-corrected chi connectivity index (χ0v) is 23.6. The molecule has 0 radical (unpaired) electrons. The van der Waals surface area contributed by atoms with E-state index in [1.54, 1.807) is 12.2 Å². The number of rotatable bonds is 5. The molecule has 218 valence electrons. The Labute approximate surface area is 240 Å². The molecule has 5 amide bonds. The smallest absolute Gasteiger partial charge is 0.308 e. The Kier molecular flexibility index (Phi) is 12.1. The zero-order valence-electron chi connectivity index (χ0n) is 22.0. The minimum Gasteiger partial charge on any atom is -0.458 e. The summed E-state index contributed by atoms with van der Waals surface area (Å²) < 4.78 is 5.49. The number of allylic oxidation sites excluding steroid dienone is 1. The number of hydrogen-bond acceptors (Lipinski definition) is 10. The third-order valence-corrected chi connectivity index (χ3v) is 8.82. The predicted molar refractivity (Wildman–Crippen MR) is 147 cm³/mol. The van der Waals surface area contributed by atoms with E-state index in [-0.39, 0.29) is 50.9 Å². The van der Waals surface area contributed by atoms with Crippen LogP contribution in [0.5, 0.6) is 0 Å². The average Bonchev–Trinajstić information content (AvgIpc) is 3.69. The van der Waals surface area contributed by atoms with Crippen molar-refractivity contribution in [3.8, 4) is 6.07 Å². The van der Waals surface area contributed by atoms with Gasteiger partial charge in [-0.2, -0.15) is 5.26 Å². The van der Waals surface area contributed by atoms with Crippen LogP contribution in [0.1, 0.15) is 51.4 Å². The summed E-state index contributed by atoms with van der Waals surface area (Å²) in [5.41, 5.74) is -1.11. The number of nitrogens with one attached hydrogen (secondary N) is 5. The predicted octanol–water partition coefficient (Wildman–Crippen LogP) is -0.422. The second-order valence-corrected chi connectivity index (χ2v) is 12.2. The molecule has 0 aromatic carbocycles. The fourth-order valence-electron chi connectivity index (χ4n) is 4.00. The number of esters is 1. The number of carbonyl (C=O) groups excluding carboxylic acids is 6. The standard InChI is InChI=1S/C25H34N6O7S2/c26-10-3-11-27-19(32)6-5-17-22(35)30-18-15-40-39-13-2-1-4-16(14-20(33)29-17)38-21(34)7-12-28-24(37)25(8-9-25)31-23(18)36/h1,4,16-18H,2-3,5-9,11-15H2,(H,27,32)(H,28,37)(H,29,33)(H,30,35)(H,31,36)/b4-1+/t16-,17-,18-/m1/s1. The molecule has 2 bridgehead atoms. The number of nitriles is 1. The molecular formula is C25H34N6O7S2. The lowest BCUT2D eigenvalue weighted by Gasteiger charge is -2.25. The first-order valence-electron chi connectivity index (χ1n) is 13.2. The minimum absolute atomic E-state index is 0.00305.